The first kappa shape index (κ1) is 19.2. The van der Waals surface area contributed by atoms with Gasteiger partial charge in [-0.1, -0.05) is 29.3 Å². The first-order chi connectivity index (χ1) is 13.4. The Morgan fingerprint density at radius 2 is 1.71 bits per heavy atom. The van der Waals surface area contributed by atoms with Gasteiger partial charge in [0.05, 0.1) is 26.2 Å². The summed E-state index contributed by atoms with van der Waals surface area (Å²) in [4.78, 5) is 30.8. The van der Waals surface area contributed by atoms with Crippen molar-refractivity contribution in [3.63, 3.8) is 0 Å². The van der Waals surface area contributed by atoms with Crippen LogP contribution in [0, 0.1) is 6.92 Å². The SMILES string of the molecule is Cc1nn(C)c2sc(C(=O)N3CCN(C(=O)c4cccc(Cl)c4Cl)CC3)cc12. The molecule has 0 bridgehead atoms. The molecule has 146 valence electrons. The Bertz CT molecular complexity index is 1050. The highest BCUT2D eigenvalue weighted by Gasteiger charge is 2.28. The Kier molecular flexibility index (Phi) is 5.07. The third-order valence-electron chi connectivity index (χ3n) is 4.94. The number of hydrogen-bond donors (Lipinski definition) is 0. The van der Waals surface area contributed by atoms with Gasteiger partial charge < -0.3 is 9.80 Å². The molecular weight excluding hydrogens is 419 g/mol. The van der Waals surface area contributed by atoms with Crippen LogP contribution in [-0.4, -0.2) is 57.6 Å². The lowest BCUT2D eigenvalue weighted by Gasteiger charge is -2.34. The summed E-state index contributed by atoms with van der Waals surface area (Å²) in [5.74, 6) is -0.170. The third kappa shape index (κ3) is 3.27. The predicted molar refractivity (Wildman–Crippen MR) is 112 cm³/mol. The molecule has 1 aromatic carbocycles. The molecule has 1 saturated heterocycles. The van der Waals surface area contributed by atoms with Gasteiger partial charge in [-0.05, 0) is 25.1 Å². The van der Waals surface area contributed by atoms with E-state index in [2.05, 4.69) is 5.10 Å². The molecule has 6 nitrogen and oxygen atoms in total. The number of amides is 2. The van der Waals surface area contributed by atoms with E-state index in [4.69, 9.17) is 23.2 Å². The summed E-state index contributed by atoms with van der Waals surface area (Å²) in [7, 11) is 1.88. The van der Waals surface area contributed by atoms with Crippen LogP contribution in [-0.2, 0) is 7.05 Å². The lowest BCUT2D eigenvalue weighted by atomic mass is 10.1. The van der Waals surface area contributed by atoms with Crippen LogP contribution in [0.1, 0.15) is 25.7 Å². The molecule has 3 heterocycles. The van der Waals surface area contributed by atoms with Crippen molar-refractivity contribution in [1.82, 2.24) is 19.6 Å². The second-order valence-electron chi connectivity index (χ2n) is 6.72. The van der Waals surface area contributed by atoms with Gasteiger partial charge in [-0.15, -0.1) is 11.3 Å². The highest BCUT2D eigenvalue weighted by Crippen LogP contribution is 2.29. The van der Waals surface area contributed by atoms with E-state index < -0.39 is 0 Å². The van der Waals surface area contributed by atoms with E-state index in [-0.39, 0.29) is 16.8 Å². The Hall–Kier alpha value is -2.09. The molecule has 0 unspecified atom stereocenters. The van der Waals surface area contributed by atoms with Gasteiger partial charge in [0.15, 0.2) is 0 Å². The molecule has 9 heteroatoms. The number of fused-ring (bicyclic) bond motifs is 1. The van der Waals surface area contributed by atoms with Crippen LogP contribution in [0.5, 0.6) is 0 Å². The molecule has 1 fully saturated rings. The fourth-order valence-electron chi connectivity index (χ4n) is 3.42. The molecule has 2 aromatic heterocycles. The number of thiophene rings is 1. The molecule has 0 radical (unpaired) electrons. The molecule has 1 aliphatic rings. The summed E-state index contributed by atoms with van der Waals surface area (Å²) in [5, 5.41) is 6.01. The van der Waals surface area contributed by atoms with Gasteiger partial charge in [0.2, 0.25) is 0 Å². The van der Waals surface area contributed by atoms with Crippen molar-refractivity contribution in [3.8, 4) is 0 Å². The van der Waals surface area contributed by atoms with Crippen LogP contribution in [0.2, 0.25) is 10.0 Å². The zero-order chi connectivity index (χ0) is 20.0. The predicted octanol–water partition coefficient (Wildman–Crippen LogP) is 3.85. The van der Waals surface area contributed by atoms with E-state index in [0.29, 0.717) is 41.6 Å². The number of piperazine rings is 1. The van der Waals surface area contributed by atoms with Gasteiger partial charge >= 0.3 is 0 Å². The topological polar surface area (TPSA) is 58.4 Å². The molecule has 3 aromatic rings. The van der Waals surface area contributed by atoms with E-state index in [9.17, 15) is 9.59 Å². The average Bonchev–Trinajstić information content (AvgIpc) is 3.24. The highest BCUT2D eigenvalue weighted by molar-refractivity contribution is 7.20. The van der Waals surface area contributed by atoms with Gasteiger partial charge in [0, 0.05) is 38.6 Å². The van der Waals surface area contributed by atoms with Gasteiger partial charge in [0.1, 0.15) is 4.83 Å². The van der Waals surface area contributed by atoms with Crippen molar-refractivity contribution in [2.45, 2.75) is 6.92 Å². The molecule has 0 spiro atoms. The summed E-state index contributed by atoms with van der Waals surface area (Å²) in [6, 6.07) is 6.94. The summed E-state index contributed by atoms with van der Waals surface area (Å²) < 4.78 is 1.80. The molecule has 0 aliphatic carbocycles. The zero-order valence-electron chi connectivity index (χ0n) is 15.4. The van der Waals surface area contributed by atoms with Crippen molar-refractivity contribution in [2.24, 2.45) is 7.05 Å². The van der Waals surface area contributed by atoms with Crippen LogP contribution >= 0.6 is 34.5 Å². The van der Waals surface area contributed by atoms with Crippen LogP contribution in [0.25, 0.3) is 10.2 Å². The van der Waals surface area contributed by atoms with Crippen molar-refractivity contribution >= 4 is 56.6 Å². The summed E-state index contributed by atoms with van der Waals surface area (Å²) in [6.45, 7) is 3.81. The monoisotopic (exact) mass is 436 g/mol. The van der Waals surface area contributed by atoms with Gasteiger partial charge in [-0.25, -0.2) is 0 Å². The minimum atomic E-state index is -0.164. The van der Waals surface area contributed by atoms with Crippen molar-refractivity contribution in [3.05, 3.63) is 50.4 Å². The maximum Gasteiger partial charge on any atom is 0.264 e. The maximum atomic E-state index is 12.9. The van der Waals surface area contributed by atoms with E-state index in [1.54, 1.807) is 32.7 Å². The average molecular weight is 437 g/mol. The fourth-order valence-corrected chi connectivity index (χ4v) is 4.89. The molecule has 0 saturated carbocycles. The molecule has 0 atom stereocenters. The number of halogens is 2. The van der Waals surface area contributed by atoms with E-state index >= 15 is 0 Å². The second-order valence-corrected chi connectivity index (χ2v) is 8.54. The molecule has 1 aliphatic heterocycles. The number of benzene rings is 1. The highest BCUT2D eigenvalue weighted by atomic mass is 35.5. The number of nitrogens with zero attached hydrogens (tertiary/aromatic N) is 4. The minimum Gasteiger partial charge on any atom is -0.335 e. The summed E-state index contributed by atoms with van der Waals surface area (Å²) in [5.41, 5.74) is 1.31. The fraction of sp³-hybridized carbons (Fsp3) is 0.316. The van der Waals surface area contributed by atoms with Gasteiger partial charge in [0.25, 0.3) is 11.8 Å². The first-order valence-corrected chi connectivity index (χ1v) is 10.4. The standard InChI is InChI=1S/C19H18Cl2N4O2S/c1-11-13-10-15(28-19(13)23(2)22-11)18(27)25-8-6-24(7-9-25)17(26)12-4-3-5-14(20)16(12)21/h3-5,10H,6-9H2,1-2H3. The number of rotatable bonds is 2. The zero-order valence-corrected chi connectivity index (χ0v) is 17.7. The van der Waals surface area contributed by atoms with Crippen LogP contribution in [0.15, 0.2) is 24.3 Å². The minimum absolute atomic E-state index is 0.00603. The molecule has 4 rings (SSSR count). The lowest BCUT2D eigenvalue weighted by Crippen LogP contribution is -2.50. The number of hydrogen-bond acceptors (Lipinski definition) is 4. The van der Waals surface area contributed by atoms with Crippen molar-refractivity contribution in [1.29, 1.82) is 0 Å². The Morgan fingerprint density at radius 3 is 2.36 bits per heavy atom. The molecular formula is C19H18Cl2N4O2S. The smallest absolute Gasteiger partial charge is 0.264 e. The van der Waals surface area contributed by atoms with E-state index in [0.717, 1.165) is 15.9 Å². The summed E-state index contributed by atoms with van der Waals surface area (Å²) >= 11 is 13.6. The summed E-state index contributed by atoms with van der Waals surface area (Å²) in [6.07, 6.45) is 0. The molecule has 2 amide bonds. The largest absolute Gasteiger partial charge is 0.335 e. The Balaban J connectivity index is 1.46. The molecule has 0 N–H and O–H groups in total. The quantitative estimate of drug-likeness (QED) is 0.612. The Labute approximate surface area is 176 Å². The number of carbonyl (C=O) groups excluding carboxylic acids is 2. The number of aryl methyl sites for hydroxylation is 2. The number of aromatic nitrogens is 2. The maximum absolute atomic E-state index is 12.9. The van der Waals surface area contributed by atoms with Crippen LogP contribution in [0.4, 0.5) is 0 Å². The Morgan fingerprint density at radius 1 is 1.07 bits per heavy atom. The number of carbonyl (C=O) groups is 2. The third-order valence-corrected chi connectivity index (χ3v) is 6.95. The molecule has 28 heavy (non-hydrogen) atoms. The van der Waals surface area contributed by atoms with Crippen LogP contribution in [0.3, 0.4) is 0 Å². The van der Waals surface area contributed by atoms with E-state index in [1.165, 1.54) is 11.3 Å². The first-order valence-electron chi connectivity index (χ1n) is 8.82. The van der Waals surface area contributed by atoms with Crippen LogP contribution < -0.4 is 0 Å². The van der Waals surface area contributed by atoms with Gasteiger partial charge in [-0.3, -0.25) is 14.3 Å². The van der Waals surface area contributed by atoms with Gasteiger partial charge in [-0.2, -0.15) is 5.10 Å². The van der Waals surface area contributed by atoms with E-state index in [1.807, 2.05) is 20.0 Å². The lowest BCUT2D eigenvalue weighted by molar-refractivity contribution is 0.0538. The van der Waals surface area contributed by atoms with Crippen molar-refractivity contribution < 1.29 is 9.59 Å². The second kappa shape index (κ2) is 7.39. The van der Waals surface area contributed by atoms with Crippen molar-refractivity contribution in [2.75, 3.05) is 26.2 Å². The normalized spacial score (nSPS) is 14.7.